The van der Waals surface area contributed by atoms with E-state index >= 15 is 0 Å². The molecular formula is C15H18N4O3. The van der Waals surface area contributed by atoms with Crippen molar-refractivity contribution >= 4 is 17.4 Å². The van der Waals surface area contributed by atoms with Crippen molar-refractivity contribution in [2.45, 2.75) is 31.2 Å². The normalized spacial score (nSPS) is 21.6. The van der Waals surface area contributed by atoms with Crippen molar-refractivity contribution in [3.63, 3.8) is 0 Å². The molecule has 1 aliphatic rings. The van der Waals surface area contributed by atoms with E-state index in [-0.39, 0.29) is 23.6 Å². The summed E-state index contributed by atoms with van der Waals surface area (Å²) in [6, 6.07) is 7.75. The van der Waals surface area contributed by atoms with Crippen LogP contribution in [0, 0.1) is 0 Å². The molecule has 1 aliphatic carbocycles. The van der Waals surface area contributed by atoms with E-state index < -0.39 is 0 Å². The van der Waals surface area contributed by atoms with Gasteiger partial charge in [-0.1, -0.05) is 18.2 Å². The summed E-state index contributed by atoms with van der Waals surface area (Å²) in [5.74, 6) is 1.71. The van der Waals surface area contributed by atoms with Crippen LogP contribution in [-0.2, 0) is 4.79 Å². The summed E-state index contributed by atoms with van der Waals surface area (Å²) in [4.78, 5) is 12.1. The number of carbonyl (C=O) groups is 1. The van der Waals surface area contributed by atoms with Crippen LogP contribution in [0.3, 0.4) is 0 Å². The maximum atomic E-state index is 12.1. The minimum atomic E-state index is -0.0506. The molecule has 1 aromatic carbocycles. The molecule has 1 fully saturated rings. The molecule has 0 bridgehead atoms. The van der Waals surface area contributed by atoms with E-state index in [1.54, 1.807) is 7.11 Å². The van der Waals surface area contributed by atoms with Gasteiger partial charge in [-0.3, -0.25) is 4.79 Å². The molecule has 3 rings (SSSR count). The fraction of sp³-hybridized carbons (Fsp3) is 0.400. The Kier molecular flexibility index (Phi) is 3.95. The van der Waals surface area contributed by atoms with Crippen LogP contribution in [0.25, 0.3) is 0 Å². The number of para-hydroxylation sites is 1. The summed E-state index contributed by atoms with van der Waals surface area (Å²) in [7, 11) is 1.64. The molecule has 0 aliphatic heterocycles. The molecule has 2 atom stereocenters. The highest BCUT2D eigenvalue weighted by Crippen LogP contribution is 2.37. The van der Waals surface area contributed by atoms with Crippen molar-refractivity contribution in [2.24, 2.45) is 0 Å². The maximum absolute atomic E-state index is 12.1. The Balaban J connectivity index is 1.79. The smallest absolute Gasteiger partial charge is 0.215 e. The number of benzene rings is 1. The number of ether oxygens (including phenoxy) is 1. The Morgan fingerprint density at radius 3 is 2.86 bits per heavy atom. The minimum absolute atomic E-state index is 0.0506. The van der Waals surface area contributed by atoms with Gasteiger partial charge >= 0.3 is 0 Å². The molecule has 7 nitrogen and oxygen atoms in total. The second-order valence-corrected chi connectivity index (χ2v) is 5.46. The fourth-order valence-corrected chi connectivity index (χ4v) is 2.98. The van der Waals surface area contributed by atoms with E-state index in [0.29, 0.717) is 18.7 Å². The highest BCUT2D eigenvalue weighted by molar-refractivity contribution is 5.81. The third-order valence-electron chi connectivity index (χ3n) is 3.95. The number of hydrogen-bond donors (Lipinski definition) is 2. The van der Waals surface area contributed by atoms with Crippen molar-refractivity contribution in [1.82, 2.24) is 10.3 Å². The van der Waals surface area contributed by atoms with Gasteiger partial charge in [-0.15, -0.1) is 0 Å². The van der Waals surface area contributed by atoms with Crippen LogP contribution in [-0.4, -0.2) is 29.2 Å². The first-order valence-corrected chi connectivity index (χ1v) is 7.16. The zero-order chi connectivity index (χ0) is 15.5. The largest absolute Gasteiger partial charge is 0.496 e. The number of hydrogen-bond acceptors (Lipinski definition) is 7. The number of nitrogens with one attached hydrogen (secondary N) is 1. The van der Waals surface area contributed by atoms with Crippen molar-refractivity contribution < 1.29 is 14.2 Å². The number of aromatic nitrogens is 2. The number of carbonyl (C=O) groups excluding carboxylic acids is 1. The van der Waals surface area contributed by atoms with Crippen LogP contribution in [0.5, 0.6) is 5.75 Å². The van der Waals surface area contributed by atoms with Crippen molar-refractivity contribution in [3.8, 4) is 5.75 Å². The highest BCUT2D eigenvalue weighted by atomic mass is 16.6. The van der Waals surface area contributed by atoms with E-state index in [2.05, 4.69) is 20.3 Å². The van der Waals surface area contributed by atoms with E-state index in [0.717, 1.165) is 17.7 Å². The first-order valence-electron chi connectivity index (χ1n) is 7.16. The van der Waals surface area contributed by atoms with Gasteiger partial charge in [0, 0.05) is 18.9 Å². The van der Waals surface area contributed by atoms with Crippen molar-refractivity contribution in [1.29, 1.82) is 0 Å². The summed E-state index contributed by atoms with van der Waals surface area (Å²) >= 11 is 0. The lowest BCUT2D eigenvalue weighted by molar-refractivity contribution is -0.120. The number of nitrogens with zero attached hydrogens (tertiary/aromatic N) is 2. The molecule has 1 heterocycles. The predicted octanol–water partition coefficient (Wildman–Crippen LogP) is 1.98. The zero-order valence-electron chi connectivity index (χ0n) is 12.3. The molecule has 0 saturated heterocycles. The standard InChI is InChI=1S/C15H18N4O3/c1-21-13-5-3-2-4-12(13)9-6-10(8-11(20)7-9)17-15-14(16)18-22-19-15/h2-5,9-10H,6-8H2,1H3,(H2,16,18)(H,17,19)/t9-,10-/m0/s1. The predicted molar refractivity (Wildman–Crippen MR) is 80.7 cm³/mol. The van der Waals surface area contributed by atoms with Crippen LogP contribution in [0.2, 0.25) is 0 Å². The average molecular weight is 302 g/mol. The lowest BCUT2D eigenvalue weighted by atomic mass is 9.80. The summed E-state index contributed by atoms with van der Waals surface area (Å²) in [6.07, 6.45) is 1.75. The molecule has 0 spiro atoms. The Bertz CT molecular complexity index is 670. The Morgan fingerprint density at radius 1 is 1.32 bits per heavy atom. The van der Waals surface area contributed by atoms with Gasteiger partial charge in [-0.25, -0.2) is 4.63 Å². The number of Topliss-reactive ketones (excluding diaryl/α,β-unsaturated/α-hetero) is 1. The number of ketones is 1. The second-order valence-electron chi connectivity index (χ2n) is 5.46. The van der Waals surface area contributed by atoms with E-state index in [1.807, 2.05) is 24.3 Å². The molecular weight excluding hydrogens is 284 g/mol. The zero-order valence-corrected chi connectivity index (χ0v) is 12.3. The fourth-order valence-electron chi connectivity index (χ4n) is 2.98. The van der Waals surface area contributed by atoms with Crippen LogP contribution in [0.1, 0.15) is 30.7 Å². The van der Waals surface area contributed by atoms with Gasteiger partial charge < -0.3 is 15.8 Å². The number of nitrogen functional groups attached to an aromatic ring is 1. The summed E-state index contributed by atoms with van der Waals surface area (Å²) in [6.45, 7) is 0. The van der Waals surface area contributed by atoms with Crippen molar-refractivity contribution in [2.75, 3.05) is 18.2 Å². The molecule has 1 aromatic heterocycles. The molecule has 22 heavy (non-hydrogen) atoms. The van der Waals surface area contributed by atoms with Gasteiger partial charge in [0.05, 0.1) is 7.11 Å². The Hall–Kier alpha value is -2.57. The van der Waals surface area contributed by atoms with Gasteiger partial charge in [-0.05, 0) is 34.3 Å². The SMILES string of the molecule is COc1ccccc1[C@@H]1CC(=O)C[C@@H](Nc2nonc2N)C1. The number of anilines is 2. The average Bonchev–Trinajstić information content (AvgIpc) is 2.92. The summed E-state index contributed by atoms with van der Waals surface area (Å²) in [5.41, 5.74) is 6.70. The Morgan fingerprint density at radius 2 is 2.14 bits per heavy atom. The van der Waals surface area contributed by atoms with E-state index in [1.165, 1.54) is 0 Å². The van der Waals surface area contributed by atoms with Gasteiger partial charge in [-0.2, -0.15) is 0 Å². The van der Waals surface area contributed by atoms with Gasteiger partial charge in [0.25, 0.3) is 0 Å². The summed E-state index contributed by atoms with van der Waals surface area (Å²) < 4.78 is 9.97. The van der Waals surface area contributed by atoms with Crippen LogP contribution in [0.15, 0.2) is 28.9 Å². The van der Waals surface area contributed by atoms with Crippen LogP contribution in [0.4, 0.5) is 11.6 Å². The molecule has 1 saturated carbocycles. The lowest BCUT2D eigenvalue weighted by Gasteiger charge is -2.29. The third kappa shape index (κ3) is 2.88. The van der Waals surface area contributed by atoms with Crippen LogP contribution < -0.4 is 15.8 Å². The van der Waals surface area contributed by atoms with E-state index in [9.17, 15) is 4.79 Å². The first kappa shape index (κ1) is 14.4. The van der Waals surface area contributed by atoms with Crippen LogP contribution >= 0.6 is 0 Å². The van der Waals surface area contributed by atoms with Gasteiger partial charge in [0.1, 0.15) is 11.5 Å². The lowest BCUT2D eigenvalue weighted by Crippen LogP contribution is -2.32. The second kappa shape index (κ2) is 6.05. The third-order valence-corrected chi connectivity index (χ3v) is 3.95. The van der Waals surface area contributed by atoms with Crippen molar-refractivity contribution in [3.05, 3.63) is 29.8 Å². The Labute approximate surface area is 127 Å². The molecule has 0 amide bonds. The maximum Gasteiger partial charge on any atom is 0.215 e. The highest BCUT2D eigenvalue weighted by Gasteiger charge is 2.30. The number of rotatable bonds is 4. The number of nitrogens with two attached hydrogens (primary N) is 1. The first-order chi connectivity index (χ1) is 10.7. The van der Waals surface area contributed by atoms with Gasteiger partial charge in [0.15, 0.2) is 0 Å². The quantitative estimate of drug-likeness (QED) is 0.890. The molecule has 0 unspecified atom stereocenters. The minimum Gasteiger partial charge on any atom is -0.496 e. The topological polar surface area (TPSA) is 103 Å². The molecule has 0 radical (unpaired) electrons. The molecule has 116 valence electrons. The monoisotopic (exact) mass is 302 g/mol. The molecule has 3 N–H and O–H groups in total. The van der Waals surface area contributed by atoms with E-state index in [4.69, 9.17) is 10.5 Å². The molecule has 7 heteroatoms. The summed E-state index contributed by atoms with van der Waals surface area (Å²) in [5, 5.41) is 10.4. The van der Waals surface area contributed by atoms with Gasteiger partial charge in [0.2, 0.25) is 11.6 Å². The molecule has 2 aromatic rings. The number of methoxy groups -OCH3 is 1.